The summed E-state index contributed by atoms with van der Waals surface area (Å²) in [6.07, 6.45) is 1.39. The first-order valence-electron chi connectivity index (χ1n) is 2.87. The summed E-state index contributed by atoms with van der Waals surface area (Å²) in [5, 5.41) is 0.808. The van der Waals surface area contributed by atoms with Crippen LogP contribution in [-0.2, 0) is 4.79 Å². The SMILES string of the molecule is O=C=Nc1cc(Cl)c(Br)cc1Cl. The van der Waals surface area contributed by atoms with Gasteiger partial charge in [-0.25, -0.2) is 4.79 Å². The lowest BCUT2D eigenvalue weighted by Gasteiger charge is -1.98. The molecule has 0 bridgehead atoms. The lowest BCUT2D eigenvalue weighted by molar-refractivity contribution is 0.565. The van der Waals surface area contributed by atoms with Gasteiger partial charge in [-0.2, -0.15) is 4.99 Å². The topological polar surface area (TPSA) is 29.4 Å². The van der Waals surface area contributed by atoms with Gasteiger partial charge in [-0.1, -0.05) is 23.2 Å². The second-order valence-corrected chi connectivity index (χ2v) is 3.59. The Balaban J connectivity index is 3.32. The third-order valence-corrected chi connectivity index (χ3v) is 2.66. The van der Waals surface area contributed by atoms with Crippen molar-refractivity contribution in [2.45, 2.75) is 0 Å². The number of nitrogens with zero attached hydrogens (tertiary/aromatic N) is 1. The van der Waals surface area contributed by atoms with Gasteiger partial charge in [0.1, 0.15) is 0 Å². The van der Waals surface area contributed by atoms with Crippen molar-refractivity contribution in [3.8, 4) is 0 Å². The largest absolute Gasteiger partial charge is 0.240 e. The minimum atomic E-state index is 0.319. The highest BCUT2D eigenvalue weighted by atomic mass is 79.9. The van der Waals surface area contributed by atoms with Gasteiger partial charge in [0.2, 0.25) is 6.08 Å². The second-order valence-electron chi connectivity index (χ2n) is 1.92. The van der Waals surface area contributed by atoms with E-state index in [-0.39, 0.29) is 0 Å². The molecule has 62 valence electrons. The van der Waals surface area contributed by atoms with Crippen LogP contribution in [-0.4, -0.2) is 6.08 Å². The van der Waals surface area contributed by atoms with E-state index in [4.69, 9.17) is 23.2 Å². The van der Waals surface area contributed by atoms with Crippen LogP contribution in [0.1, 0.15) is 0 Å². The minimum absolute atomic E-state index is 0.319. The fourth-order valence-corrected chi connectivity index (χ4v) is 1.49. The van der Waals surface area contributed by atoms with Crippen molar-refractivity contribution in [1.29, 1.82) is 0 Å². The molecule has 0 aliphatic heterocycles. The van der Waals surface area contributed by atoms with Crippen molar-refractivity contribution < 1.29 is 4.79 Å². The first kappa shape index (κ1) is 9.75. The molecule has 0 atom stereocenters. The molecule has 0 spiro atoms. The minimum Gasteiger partial charge on any atom is -0.211 e. The number of benzene rings is 1. The maximum atomic E-state index is 9.92. The van der Waals surface area contributed by atoms with E-state index in [1.54, 1.807) is 6.07 Å². The van der Waals surface area contributed by atoms with Gasteiger partial charge in [-0.05, 0) is 28.1 Å². The summed E-state index contributed by atoms with van der Waals surface area (Å²) in [7, 11) is 0. The van der Waals surface area contributed by atoms with E-state index < -0.39 is 0 Å². The number of aliphatic imine (C=N–C) groups is 1. The first-order valence-corrected chi connectivity index (χ1v) is 4.42. The molecule has 0 heterocycles. The third kappa shape index (κ3) is 2.08. The zero-order chi connectivity index (χ0) is 9.14. The first-order chi connectivity index (χ1) is 5.65. The Bertz CT molecular complexity index is 361. The number of hydrogen-bond acceptors (Lipinski definition) is 2. The molecule has 1 rings (SSSR count). The van der Waals surface area contributed by atoms with Gasteiger partial charge >= 0.3 is 0 Å². The highest BCUT2D eigenvalue weighted by Gasteiger charge is 2.03. The monoisotopic (exact) mass is 265 g/mol. The fourth-order valence-electron chi connectivity index (χ4n) is 0.647. The smallest absolute Gasteiger partial charge is 0.211 e. The number of halogens is 3. The van der Waals surface area contributed by atoms with E-state index >= 15 is 0 Å². The zero-order valence-corrected chi connectivity index (χ0v) is 8.74. The quantitative estimate of drug-likeness (QED) is 0.433. The van der Waals surface area contributed by atoms with E-state index in [1.165, 1.54) is 12.1 Å². The molecule has 0 saturated heterocycles. The zero-order valence-electron chi connectivity index (χ0n) is 5.64. The second kappa shape index (κ2) is 4.06. The summed E-state index contributed by atoms with van der Waals surface area (Å²) in [6, 6.07) is 3.05. The molecule has 0 saturated carbocycles. The maximum Gasteiger partial charge on any atom is 0.240 e. The van der Waals surface area contributed by atoms with E-state index in [1.807, 2.05) is 0 Å². The molecule has 0 radical (unpaired) electrons. The predicted octanol–water partition coefficient (Wildman–Crippen LogP) is 3.72. The summed E-state index contributed by atoms with van der Waals surface area (Å²) in [5.41, 5.74) is 0.319. The highest BCUT2D eigenvalue weighted by Crippen LogP contribution is 2.33. The van der Waals surface area contributed by atoms with Crippen molar-refractivity contribution in [2.24, 2.45) is 4.99 Å². The van der Waals surface area contributed by atoms with Crippen LogP contribution in [0, 0.1) is 0 Å². The maximum absolute atomic E-state index is 9.92. The Labute approximate surface area is 87.3 Å². The molecule has 0 N–H and O–H groups in total. The fraction of sp³-hybridized carbons (Fsp3) is 0. The van der Waals surface area contributed by atoms with Gasteiger partial charge in [0.25, 0.3) is 0 Å². The molecule has 5 heteroatoms. The number of rotatable bonds is 1. The molecular weight excluding hydrogens is 265 g/mol. The summed E-state index contributed by atoms with van der Waals surface area (Å²) < 4.78 is 0.666. The Kier molecular flexibility index (Phi) is 3.29. The summed E-state index contributed by atoms with van der Waals surface area (Å²) in [5.74, 6) is 0. The molecule has 0 amide bonds. The summed E-state index contributed by atoms with van der Waals surface area (Å²) >= 11 is 14.6. The lowest BCUT2D eigenvalue weighted by atomic mass is 10.3. The molecule has 0 aliphatic carbocycles. The van der Waals surface area contributed by atoms with E-state index in [2.05, 4.69) is 20.9 Å². The molecule has 12 heavy (non-hydrogen) atoms. The van der Waals surface area contributed by atoms with Crippen LogP contribution in [0.25, 0.3) is 0 Å². The summed E-state index contributed by atoms with van der Waals surface area (Å²) in [6.45, 7) is 0. The molecule has 1 aromatic rings. The summed E-state index contributed by atoms with van der Waals surface area (Å²) in [4.78, 5) is 13.3. The van der Waals surface area contributed by atoms with Crippen molar-refractivity contribution in [3.63, 3.8) is 0 Å². The molecule has 0 fully saturated rings. The van der Waals surface area contributed by atoms with Crippen LogP contribution in [0.2, 0.25) is 10.0 Å². The number of hydrogen-bond donors (Lipinski definition) is 0. The molecule has 2 nitrogen and oxygen atoms in total. The van der Waals surface area contributed by atoms with Crippen LogP contribution >= 0.6 is 39.1 Å². The van der Waals surface area contributed by atoms with E-state index in [0.29, 0.717) is 20.2 Å². The van der Waals surface area contributed by atoms with Gasteiger partial charge in [0.15, 0.2) is 0 Å². The van der Waals surface area contributed by atoms with Crippen LogP contribution in [0.4, 0.5) is 5.69 Å². The lowest BCUT2D eigenvalue weighted by Crippen LogP contribution is -1.72. The van der Waals surface area contributed by atoms with E-state index in [9.17, 15) is 4.79 Å². The van der Waals surface area contributed by atoms with Gasteiger partial charge in [-0.3, -0.25) is 0 Å². The highest BCUT2D eigenvalue weighted by molar-refractivity contribution is 9.10. The molecule has 0 unspecified atom stereocenters. The van der Waals surface area contributed by atoms with E-state index in [0.717, 1.165) is 0 Å². The Morgan fingerprint density at radius 2 is 2.00 bits per heavy atom. The molecule has 0 aliphatic rings. The predicted molar refractivity (Wildman–Crippen MR) is 51.9 cm³/mol. The standard InChI is InChI=1S/C7H2BrCl2NO/c8-4-1-6(10)7(11-3-12)2-5(4)9/h1-2H. The Morgan fingerprint density at radius 3 is 2.58 bits per heavy atom. The number of isocyanates is 1. The third-order valence-electron chi connectivity index (χ3n) is 1.16. The van der Waals surface area contributed by atoms with Crippen LogP contribution in [0.15, 0.2) is 21.6 Å². The Hall–Kier alpha value is -0.340. The van der Waals surface area contributed by atoms with Crippen LogP contribution < -0.4 is 0 Å². The van der Waals surface area contributed by atoms with Crippen LogP contribution in [0.5, 0.6) is 0 Å². The van der Waals surface area contributed by atoms with Crippen molar-refractivity contribution >= 4 is 50.9 Å². The van der Waals surface area contributed by atoms with Gasteiger partial charge in [0.05, 0.1) is 15.7 Å². The van der Waals surface area contributed by atoms with Gasteiger partial charge in [-0.15, -0.1) is 0 Å². The average molecular weight is 267 g/mol. The normalized spacial score (nSPS) is 9.25. The van der Waals surface area contributed by atoms with Crippen molar-refractivity contribution in [2.75, 3.05) is 0 Å². The van der Waals surface area contributed by atoms with Gasteiger partial charge < -0.3 is 0 Å². The molecule has 0 aromatic heterocycles. The van der Waals surface area contributed by atoms with Crippen LogP contribution in [0.3, 0.4) is 0 Å². The molecular formula is C7H2BrCl2NO. The number of carbonyl (C=O) groups excluding carboxylic acids is 1. The van der Waals surface area contributed by atoms with Gasteiger partial charge in [0, 0.05) is 4.47 Å². The molecule has 1 aromatic carbocycles. The average Bonchev–Trinajstić information content (AvgIpc) is 2.01. The van der Waals surface area contributed by atoms with Crippen molar-refractivity contribution in [1.82, 2.24) is 0 Å². The Morgan fingerprint density at radius 1 is 1.33 bits per heavy atom. The van der Waals surface area contributed by atoms with Crippen molar-refractivity contribution in [3.05, 3.63) is 26.7 Å².